The first kappa shape index (κ1) is 15.7. The third kappa shape index (κ3) is 3.25. The van der Waals surface area contributed by atoms with Crippen molar-refractivity contribution in [3.05, 3.63) is 66.4 Å². The molecule has 1 heterocycles. The summed E-state index contributed by atoms with van der Waals surface area (Å²) in [4.78, 5) is 21.8. The van der Waals surface area contributed by atoms with Crippen LogP contribution in [0.15, 0.2) is 60.7 Å². The molecule has 0 radical (unpaired) electrons. The maximum atomic E-state index is 12.1. The Kier molecular flexibility index (Phi) is 4.24. The van der Waals surface area contributed by atoms with Gasteiger partial charge in [-0.05, 0) is 17.2 Å². The normalized spacial score (nSPS) is 10.4. The van der Waals surface area contributed by atoms with Crippen molar-refractivity contribution in [2.45, 2.75) is 0 Å². The lowest BCUT2D eigenvalue weighted by atomic mass is 10.0. The van der Waals surface area contributed by atoms with Gasteiger partial charge >= 0.3 is 0 Å². The molecule has 120 valence electrons. The Labute approximate surface area is 140 Å². The van der Waals surface area contributed by atoms with Crippen LogP contribution in [0.5, 0.6) is 0 Å². The third-order valence-electron chi connectivity index (χ3n) is 3.66. The zero-order chi connectivity index (χ0) is 17.1. The number of hydrogen-bond acceptors (Lipinski definition) is 4. The van der Waals surface area contributed by atoms with Crippen molar-refractivity contribution >= 4 is 11.9 Å². The minimum atomic E-state index is -0.203. The van der Waals surface area contributed by atoms with Crippen LogP contribution in [-0.4, -0.2) is 34.9 Å². The van der Waals surface area contributed by atoms with Crippen molar-refractivity contribution in [3.8, 4) is 22.4 Å². The summed E-state index contributed by atoms with van der Waals surface area (Å²) in [6.07, 6.45) is 0. The number of nitrogen functional groups attached to an aromatic ring is 1. The molecule has 5 heteroatoms. The van der Waals surface area contributed by atoms with Crippen molar-refractivity contribution < 1.29 is 4.79 Å². The van der Waals surface area contributed by atoms with Gasteiger partial charge in [0.25, 0.3) is 5.91 Å². The molecular weight excluding hydrogens is 300 g/mol. The summed E-state index contributed by atoms with van der Waals surface area (Å²) >= 11 is 0. The number of nitrogens with two attached hydrogens (primary N) is 1. The molecule has 3 aromatic rings. The Morgan fingerprint density at radius 3 is 2.08 bits per heavy atom. The molecule has 0 aliphatic heterocycles. The first-order valence-corrected chi connectivity index (χ1v) is 7.56. The summed E-state index contributed by atoms with van der Waals surface area (Å²) in [7, 11) is 3.35. The second kappa shape index (κ2) is 6.50. The van der Waals surface area contributed by atoms with Crippen molar-refractivity contribution in [2.75, 3.05) is 19.8 Å². The predicted molar refractivity (Wildman–Crippen MR) is 95.3 cm³/mol. The van der Waals surface area contributed by atoms with Gasteiger partial charge in [0, 0.05) is 19.7 Å². The van der Waals surface area contributed by atoms with E-state index in [-0.39, 0.29) is 17.5 Å². The van der Waals surface area contributed by atoms with E-state index in [1.807, 2.05) is 42.5 Å². The smallest absolute Gasteiger partial charge is 0.272 e. The maximum absolute atomic E-state index is 12.1. The average Bonchev–Trinajstić information content (AvgIpc) is 2.61. The van der Waals surface area contributed by atoms with Gasteiger partial charge < -0.3 is 10.6 Å². The Bertz CT molecular complexity index is 858. The molecule has 0 aliphatic rings. The number of aromatic nitrogens is 2. The molecule has 1 aromatic heterocycles. The summed E-state index contributed by atoms with van der Waals surface area (Å²) in [5.74, 6) is -0.115. The van der Waals surface area contributed by atoms with Gasteiger partial charge in [0.15, 0.2) is 0 Å². The van der Waals surface area contributed by atoms with Gasteiger partial charge in [0.2, 0.25) is 5.95 Å². The van der Waals surface area contributed by atoms with Crippen LogP contribution in [0.25, 0.3) is 22.4 Å². The molecule has 24 heavy (non-hydrogen) atoms. The first-order chi connectivity index (χ1) is 11.5. The molecule has 0 bridgehead atoms. The zero-order valence-electron chi connectivity index (χ0n) is 13.6. The minimum absolute atomic E-state index is 0.0878. The topological polar surface area (TPSA) is 72.1 Å². The molecule has 3 rings (SSSR count). The molecule has 2 aromatic carbocycles. The van der Waals surface area contributed by atoms with Gasteiger partial charge in [-0.15, -0.1) is 0 Å². The molecule has 2 N–H and O–H groups in total. The largest absolute Gasteiger partial charge is 0.368 e. The number of rotatable bonds is 3. The Balaban J connectivity index is 1.96. The lowest BCUT2D eigenvalue weighted by molar-refractivity contribution is 0.0822. The highest BCUT2D eigenvalue weighted by atomic mass is 16.2. The molecule has 0 atom stereocenters. The monoisotopic (exact) mass is 318 g/mol. The zero-order valence-corrected chi connectivity index (χ0v) is 13.6. The summed E-state index contributed by atoms with van der Waals surface area (Å²) < 4.78 is 0. The van der Waals surface area contributed by atoms with E-state index in [9.17, 15) is 4.79 Å². The fraction of sp³-hybridized carbons (Fsp3) is 0.105. The highest BCUT2D eigenvalue weighted by Gasteiger charge is 2.13. The van der Waals surface area contributed by atoms with E-state index in [0.717, 1.165) is 16.7 Å². The Morgan fingerprint density at radius 2 is 1.46 bits per heavy atom. The van der Waals surface area contributed by atoms with E-state index < -0.39 is 0 Å². The van der Waals surface area contributed by atoms with Gasteiger partial charge in [0.1, 0.15) is 5.69 Å². The quantitative estimate of drug-likeness (QED) is 0.805. The molecule has 0 fully saturated rings. The molecule has 5 nitrogen and oxygen atoms in total. The van der Waals surface area contributed by atoms with E-state index in [4.69, 9.17) is 5.73 Å². The van der Waals surface area contributed by atoms with Crippen molar-refractivity contribution in [1.29, 1.82) is 0 Å². The van der Waals surface area contributed by atoms with E-state index in [1.54, 1.807) is 20.2 Å². The highest BCUT2D eigenvalue weighted by molar-refractivity contribution is 5.93. The van der Waals surface area contributed by atoms with E-state index in [0.29, 0.717) is 5.69 Å². The second-order valence-corrected chi connectivity index (χ2v) is 5.64. The standard InChI is InChI=1S/C19H18N4O/c1-23(2)18(24)17-12-16(21-19(20)22-17)15-10-8-14(9-11-15)13-6-4-3-5-7-13/h3-12H,1-2H3,(H2,20,21,22). The number of amides is 1. The summed E-state index contributed by atoms with van der Waals surface area (Å²) in [5, 5.41) is 0. The number of nitrogens with zero attached hydrogens (tertiary/aromatic N) is 3. The number of hydrogen-bond donors (Lipinski definition) is 1. The molecule has 1 amide bonds. The number of carbonyl (C=O) groups is 1. The van der Waals surface area contributed by atoms with Crippen molar-refractivity contribution in [3.63, 3.8) is 0 Å². The molecule has 0 aliphatic carbocycles. The SMILES string of the molecule is CN(C)C(=O)c1cc(-c2ccc(-c3ccccc3)cc2)nc(N)n1. The highest BCUT2D eigenvalue weighted by Crippen LogP contribution is 2.24. The van der Waals surface area contributed by atoms with Gasteiger partial charge in [0.05, 0.1) is 5.69 Å². The number of anilines is 1. The van der Waals surface area contributed by atoms with Crippen LogP contribution in [0.1, 0.15) is 10.5 Å². The van der Waals surface area contributed by atoms with Gasteiger partial charge in [-0.3, -0.25) is 4.79 Å². The van der Waals surface area contributed by atoms with Gasteiger partial charge in [-0.25, -0.2) is 9.97 Å². The number of carbonyl (C=O) groups excluding carboxylic acids is 1. The Morgan fingerprint density at radius 1 is 0.875 bits per heavy atom. The molecule has 0 saturated carbocycles. The molecule has 0 spiro atoms. The minimum Gasteiger partial charge on any atom is -0.368 e. The van der Waals surface area contributed by atoms with Crippen LogP contribution in [0.2, 0.25) is 0 Å². The van der Waals surface area contributed by atoms with Gasteiger partial charge in [-0.1, -0.05) is 54.6 Å². The van der Waals surface area contributed by atoms with Crippen LogP contribution >= 0.6 is 0 Å². The van der Waals surface area contributed by atoms with Crippen LogP contribution < -0.4 is 5.73 Å². The van der Waals surface area contributed by atoms with E-state index >= 15 is 0 Å². The van der Waals surface area contributed by atoms with Crippen molar-refractivity contribution in [2.24, 2.45) is 0 Å². The van der Waals surface area contributed by atoms with Crippen LogP contribution in [0, 0.1) is 0 Å². The molecule has 0 saturated heterocycles. The molecular formula is C19H18N4O. The van der Waals surface area contributed by atoms with E-state index in [1.165, 1.54) is 4.90 Å². The van der Waals surface area contributed by atoms with E-state index in [2.05, 4.69) is 22.1 Å². The lowest BCUT2D eigenvalue weighted by Crippen LogP contribution is -2.23. The predicted octanol–water partition coefficient (Wildman–Crippen LogP) is 3.09. The van der Waals surface area contributed by atoms with Crippen molar-refractivity contribution in [1.82, 2.24) is 14.9 Å². The van der Waals surface area contributed by atoms with Crippen LogP contribution in [0.3, 0.4) is 0 Å². The van der Waals surface area contributed by atoms with Gasteiger partial charge in [-0.2, -0.15) is 0 Å². The lowest BCUT2D eigenvalue weighted by Gasteiger charge is -2.11. The first-order valence-electron chi connectivity index (χ1n) is 7.56. The second-order valence-electron chi connectivity index (χ2n) is 5.64. The fourth-order valence-corrected chi connectivity index (χ4v) is 2.42. The summed E-state index contributed by atoms with van der Waals surface area (Å²) in [6, 6.07) is 19.8. The van der Waals surface area contributed by atoms with Crippen LogP contribution in [-0.2, 0) is 0 Å². The average molecular weight is 318 g/mol. The maximum Gasteiger partial charge on any atom is 0.272 e. The third-order valence-corrected chi connectivity index (χ3v) is 3.66. The summed E-state index contributed by atoms with van der Waals surface area (Å²) in [6.45, 7) is 0. The molecule has 0 unspecified atom stereocenters. The number of benzene rings is 2. The van der Waals surface area contributed by atoms with Crippen LogP contribution in [0.4, 0.5) is 5.95 Å². The Hall–Kier alpha value is -3.21. The summed E-state index contributed by atoms with van der Waals surface area (Å²) in [5.41, 5.74) is 9.83. The fourth-order valence-electron chi connectivity index (χ4n) is 2.42.